The summed E-state index contributed by atoms with van der Waals surface area (Å²) in [6.45, 7) is 10.9. The second-order valence-corrected chi connectivity index (χ2v) is 9.48. The van der Waals surface area contributed by atoms with Crippen LogP contribution >= 0.6 is 0 Å². The first-order valence-corrected chi connectivity index (χ1v) is 10.1. The summed E-state index contributed by atoms with van der Waals surface area (Å²) in [5.74, 6) is -1.75. The monoisotopic (exact) mass is 413 g/mol. The molecule has 5 nitrogen and oxygen atoms in total. The summed E-state index contributed by atoms with van der Waals surface area (Å²) in [4.78, 5) is 22.8. The van der Waals surface area contributed by atoms with Gasteiger partial charge in [0.25, 0.3) is 5.69 Å². The van der Waals surface area contributed by atoms with Crippen LogP contribution in [-0.4, -0.2) is 18.0 Å². The van der Waals surface area contributed by atoms with Gasteiger partial charge in [0.15, 0.2) is 0 Å². The topological polar surface area (TPSA) is 69.4 Å². The fraction of sp³-hybridized carbons (Fsp3) is 0.458. The lowest BCUT2D eigenvalue weighted by atomic mass is 9.62. The van der Waals surface area contributed by atoms with E-state index in [-0.39, 0.29) is 28.5 Å². The quantitative estimate of drug-likeness (QED) is 0.362. The van der Waals surface area contributed by atoms with Crippen molar-refractivity contribution in [3.05, 3.63) is 73.6 Å². The molecule has 0 heterocycles. The molecule has 30 heavy (non-hydrogen) atoms. The zero-order chi connectivity index (χ0) is 22.4. The number of rotatable bonds is 4. The highest BCUT2D eigenvalue weighted by molar-refractivity contribution is 5.90. The Morgan fingerprint density at radius 1 is 1.07 bits per heavy atom. The number of hydrogen-bond donors (Lipinski definition) is 0. The first kappa shape index (κ1) is 21.9. The molecular formula is C24H28FNO4. The number of nitro benzene ring substituents is 1. The summed E-state index contributed by atoms with van der Waals surface area (Å²) < 4.78 is 19.0. The fourth-order valence-electron chi connectivity index (χ4n) is 4.34. The molecule has 0 N–H and O–H groups in total. The van der Waals surface area contributed by atoms with Crippen molar-refractivity contribution in [1.29, 1.82) is 0 Å². The molecule has 0 saturated carbocycles. The van der Waals surface area contributed by atoms with E-state index in [1.54, 1.807) is 0 Å². The lowest BCUT2D eigenvalue weighted by molar-refractivity contribution is -0.385. The Hall–Kier alpha value is -2.76. The van der Waals surface area contributed by atoms with Crippen LogP contribution in [0.2, 0.25) is 0 Å². The van der Waals surface area contributed by atoms with Gasteiger partial charge in [-0.2, -0.15) is 0 Å². The van der Waals surface area contributed by atoms with Gasteiger partial charge in [0.1, 0.15) is 11.4 Å². The third-order valence-corrected chi connectivity index (χ3v) is 6.46. The van der Waals surface area contributed by atoms with E-state index in [0.717, 1.165) is 43.2 Å². The minimum absolute atomic E-state index is 0.000766. The van der Waals surface area contributed by atoms with Gasteiger partial charge in [-0.3, -0.25) is 10.1 Å². The Bertz CT molecular complexity index is 1040. The number of hydrogen-bond acceptors (Lipinski definition) is 4. The molecule has 0 unspecified atom stereocenters. The van der Waals surface area contributed by atoms with E-state index in [1.165, 1.54) is 11.1 Å². The van der Waals surface area contributed by atoms with Gasteiger partial charge in [-0.1, -0.05) is 39.8 Å². The Labute approximate surface area is 176 Å². The predicted octanol–water partition coefficient (Wildman–Crippen LogP) is 5.77. The highest BCUT2D eigenvalue weighted by Crippen LogP contribution is 2.46. The average Bonchev–Trinajstić information content (AvgIpc) is 2.66. The lowest BCUT2D eigenvalue weighted by Gasteiger charge is -2.42. The van der Waals surface area contributed by atoms with Crippen molar-refractivity contribution in [2.45, 2.75) is 64.7 Å². The lowest BCUT2D eigenvalue weighted by Crippen LogP contribution is -2.34. The number of methoxy groups -OCH3 is 1. The molecule has 6 heteroatoms. The summed E-state index contributed by atoms with van der Waals surface area (Å²) in [5.41, 5.74) is 4.08. The summed E-state index contributed by atoms with van der Waals surface area (Å²) in [6, 6.07) is 6.35. The van der Waals surface area contributed by atoms with Gasteiger partial charge < -0.3 is 4.74 Å². The summed E-state index contributed by atoms with van der Waals surface area (Å²) >= 11 is 0. The predicted molar refractivity (Wildman–Crippen MR) is 114 cm³/mol. The maximum Gasteiger partial charge on any atom is 0.341 e. The van der Waals surface area contributed by atoms with E-state index in [0.29, 0.717) is 0 Å². The number of carbonyl (C=O) groups is 1. The number of benzene rings is 2. The second-order valence-electron chi connectivity index (χ2n) is 9.48. The van der Waals surface area contributed by atoms with E-state index < -0.39 is 22.3 Å². The highest BCUT2D eigenvalue weighted by atomic mass is 19.1. The van der Waals surface area contributed by atoms with Gasteiger partial charge in [0.2, 0.25) is 0 Å². The van der Waals surface area contributed by atoms with Gasteiger partial charge in [0.05, 0.1) is 12.0 Å². The smallest absolute Gasteiger partial charge is 0.341 e. The largest absolute Gasteiger partial charge is 0.465 e. The molecule has 2 aromatic rings. The molecule has 2 aromatic carbocycles. The average molecular weight is 413 g/mol. The van der Waals surface area contributed by atoms with Crippen molar-refractivity contribution in [3.63, 3.8) is 0 Å². The second kappa shape index (κ2) is 7.49. The molecule has 0 fully saturated rings. The van der Waals surface area contributed by atoms with Crippen LogP contribution in [-0.2, 0) is 22.0 Å². The summed E-state index contributed by atoms with van der Waals surface area (Å²) in [7, 11) is 1.11. The maximum atomic E-state index is 14.5. The van der Waals surface area contributed by atoms with Crippen molar-refractivity contribution in [1.82, 2.24) is 0 Å². The van der Waals surface area contributed by atoms with Gasteiger partial charge in [-0.15, -0.1) is 0 Å². The SMILES string of the molecule is COC(=O)c1cc([N+](=O)[O-])c(Cc2cc3c(cc2C)C(C)(C)CCC3(C)C)cc1F. The molecule has 160 valence electrons. The number of carbonyl (C=O) groups excluding carboxylic acids is 1. The van der Waals surface area contributed by atoms with Crippen LogP contribution in [0.3, 0.4) is 0 Å². The summed E-state index contributed by atoms with van der Waals surface area (Å²) in [5, 5.41) is 11.6. The van der Waals surface area contributed by atoms with Crippen LogP contribution in [0, 0.1) is 22.9 Å². The number of ether oxygens (including phenoxy) is 1. The number of fused-ring (bicyclic) bond motifs is 1. The van der Waals surface area contributed by atoms with Gasteiger partial charge >= 0.3 is 5.97 Å². The number of halogens is 1. The van der Waals surface area contributed by atoms with E-state index in [2.05, 4.69) is 44.6 Å². The third-order valence-electron chi connectivity index (χ3n) is 6.46. The van der Waals surface area contributed by atoms with E-state index in [4.69, 9.17) is 0 Å². The fourth-order valence-corrected chi connectivity index (χ4v) is 4.34. The number of nitro groups is 1. The van der Waals surface area contributed by atoms with Gasteiger partial charge in [-0.25, -0.2) is 9.18 Å². The molecule has 0 aromatic heterocycles. The highest BCUT2D eigenvalue weighted by Gasteiger charge is 2.37. The van der Waals surface area contributed by atoms with Crippen LogP contribution in [0.4, 0.5) is 10.1 Å². The number of nitrogens with zero attached hydrogens (tertiary/aromatic N) is 1. The zero-order valence-electron chi connectivity index (χ0n) is 18.4. The van der Waals surface area contributed by atoms with Crippen molar-refractivity contribution >= 4 is 11.7 Å². The first-order chi connectivity index (χ1) is 13.9. The molecule has 0 bridgehead atoms. The van der Waals surface area contributed by atoms with E-state index in [1.807, 2.05) is 6.92 Å². The zero-order valence-corrected chi connectivity index (χ0v) is 18.4. The molecule has 0 amide bonds. The Kier molecular flexibility index (Phi) is 5.48. The number of aryl methyl sites for hydroxylation is 1. The molecule has 0 aliphatic heterocycles. The minimum Gasteiger partial charge on any atom is -0.465 e. The van der Waals surface area contributed by atoms with Crippen molar-refractivity contribution in [2.24, 2.45) is 0 Å². The Morgan fingerprint density at radius 3 is 2.17 bits per heavy atom. The van der Waals surface area contributed by atoms with Crippen molar-refractivity contribution in [2.75, 3.05) is 7.11 Å². The molecular weight excluding hydrogens is 385 g/mol. The van der Waals surface area contributed by atoms with Gasteiger partial charge in [-0.05, 0) is 58.9 Å². The van der Waals surface area contributed by atoms with Crippen molar-refractivity contribution in [3.8, 4) is 0 Å². The first-order valence-electron chi connectivity index (χ1n) is 10.1. The van der Waals surface area contributed by atoms with Crippen molar-refractivity contribution < 1.29 is 18.8 Å². The van der Waals surface area contributed by atoms with E-state index >= 15 is 0 Å². The third kappa shape index (κ3) is 3.83. The van der Waals surface area contributed by atoms with Crippen LogP contribution in [0.5, 0.6) is 0 Å². The van der Waals surface area contributed by atoms with Crippen LogP contribution in [0.1, 0.15) is 78.7 Å². The molecule has 0 spiro atoms. The van der Waals surface area contributed by atoms with Crippen LogP contribution < -0.4 is 0 Å². The Morgan fingerprint density at radius 2 is 1.63 bits per heavy atom. The van der Waals surface area contributed by atoms with Crippen LogP contribution in [0.15, 0.2) is 24.3 Å². The maximum absolute atomic E-state index is 14.5. The van der Waals surface area contributed by atoms with Crippen LogP contribution in [0.25, 0.3) is 0 Å². The molecule has 1 aliphatic carbocycles. The standard InChI is InChI=1S/C24H28FNO4/c1-14-9-18-19(24(4,5)8-7-23(18,2)3)11-15(14)10-16-12-20(25)17(22(27)30-6)13-21(16)26(28)29/h9,11-13H,7-8,10H2,1-6H3. The molecule has 1 aliphatic rings. The molecule has 0 radical (unpaired) electrons. The van der Waals surface area contributed by atoms with E-state index in [9.17, 15) is 19.3 Å². The summed E-state index contributed by atoms with van der Waals surface area (Å²) in [6.07, 6.45) is 2.36. The number of esters is 1. The molecule has 3 rings (SSSR count). The normalized spacial score (nSPS) is 16.6. The molecule has 0 saturated heterocycles. The minimum atomic E-state index is -0.934. The van der Waals surface area contributed by atoms with Gasteiger partial charge in [0, 0.05) is 18.1 Å². The Balaban J connectivity index is 2.12. The molecule has 0 atom stereocenters.